The summed E-state index contributed by atoms with van der Waals surface area (Å²) in [4.78, 5) is 24.8. The molecule has 0 spiro atoms. The van der Waals surface area contributed by atoms with Crippen LogP contribution in [0.3, 0.4) is 0 Å². The van der Waals surface area contributed by atoms with E-state index in [2.05, 4.69) is 53.1 Å². The van der Waals surface area contributed by atoms with Gasteiger partial charge in [-0.2, -0.15) is 0 Å². The molecule has 0 aliphatic carbocycles. The summed E-state index contributed by atoms with van der Waals surface area (Å²) in [6.07, 6.45) is 0.636. The number of carbonyl (C=O) groups is 2. The number of amides is 1. The maximum Gasteiger partial charge on any atom is 0.323 e. The number of thioether (sulfide) groups is 1. The number of esters is 1. The lowest BCUT2D eigenvalue weighted by Crippen LogP contribution is -2.46. The maximum absolute atomic E-state index is 12.1. The third kappa shape index (κ3) is 6.80. The Labute approximate surface area is 199 Å². The summed E-state index contributed by atoms with van der Waals surface area (Å²) in [7, 11) is 1.42. The molecule has 0 saturated carbocycles. The van der Waals surface area contributed by atoms with Crippen molar-refractivity contribution >= 4 is 23.6 Å². The Morgan fingerprint density at radius 2 is 1.67 bits per heavy atom. The van der Waals surface area contributed by atoms with E-state index in [1.54, 1.807) is 5.48 Å². The fourth-order valence-corrected chi connectivity index (χ4v) is 5.06. The lowest BCUT2D eigenvalue weighted by atomic mass is 9.86. The molecular weight excluding hydrogens is 438 g/mol. The SMILES string of the molecule is COC(=O)[C@@H](NCc1ccc(CNCc2ccc3c(c2)SC(C(=O)NO)C3)cc1)C(C)(C)C. The van der Waals surface area contributed by atoms with Gasteiger partial charge in [-0.15, -0.1) is 11.8 Å². The number of nitrogens with one attached hydrogen (secondary N) is 3. The molecular formula is C25H33N3O4S. The fraction of sp³-hybridized carbons (Fsp3) is 0.440. The van der Waals surface area contributed by atoms with Crippen LogP contribution in [-0.2, 0) is 40.4 Å². The molecule has 33 heavy (non-hydrogen) atoms. The molecule has 7 nitrogen and oxygen atoms in total. The number of hydrogen-bond acceptors (Lipinski definition) is 7. The standard InChI is InChI=1S/C25H33N3O4S/c1-25(2,3)22(24(30)32-4)27-15-17-7-5-16(6-8-17)13-26-14-18-9-10-19-12-21(23(29)28-31)33-20(19)11-18/h5-11,21-22,26-27,31H,12-15H2,1-4H3,(H,28,29)/t21?,22-/m1/s1. The van der Waals surface area contributed by atoms with Crippen LogP contribution in [0.4, 0.5) is 0 Å². The Morgan fingerprint density at radius 3 is 2.27 bits per heavy atom. The highest BCUT2D eigenvalue weighted by molar-refractivity contribution is 8.01. The van der Waals surface area contributed by atoms with Crippen LogP contribution in [0.2, 0.25) is 0 Å². The first-order valence-corrected chi connectivity index (χ1v) is 11.9. The molecule has 0 bridgehead atoms. The number of fused-ring (bicyclic) bond motifs is 1. The molecule has 8 heteroatoms. The van der Waals surface area contributed by atoms with E-state index in [1.165, 1.54) is 24.4 Å². The van der Waals surface area contributed by atoms with Gasteiger partial charge in [0.1, 0.15) is 6.04 Å². The number of methoxy groups -OCH3 is 1. The van der Waals surface area contributed by atoms with Crippen molar-refractivity contribution in [2.45, 2.75) is 63.0 Å². The summed E-state index contributed by atoms with van der Waals surface area (Å²) >= 11 is 1.49. The molecule has 178 valence electrons. The monoisotopic (exact) mass is 471 g/mol. The molecule has 0 fully saturated rings. The van der Waals surface area contributed by atoms with Crippen molar-refractivity contribution in [2.24, 2.45) is 5.41 Å². The summed E-state index contributed by atoms with van der Waals surface area (Å²) in [5.74, 6) is -0.603. The lowest BCUT2D eigenvalue weighted by Gasteiger charge is -2.29. The van der Waals surface area contributed by atoms with Gasteiger partial charge in [-0.25, -0.2) is 5.48 Å². The van der Waals surface area contributed by atoms with Crippen molar-refractivity contribution in [1.82, 2.24) is 16.1 Å². The summed E-state index contributed by atoms with van der Waals surface area (Å²) < 4.78 is 4.93. The van der Waals surface area contributed by atoms with E-state index in [0.717, 1.165) is 34.7 Å². The lowest BCUT2D eigenvalue weighted by molar-refractivity contribution is -0.146. The van der Waals surface area contributed by atoms with Gasteiger partial charge in [0.15, 0.2) is 0 Å². The number of hydrogen-bond donors (Lipinski definition) is 4. The first-order valence-electron chi connectivity index (χ1n) is 11.0. The maximum atomic E-state index is 12.1. The third-order valence-corrected chi connectivity index (χ3v) is 7.00. The first kappa shape index (κ1) is 25.2. The minimum Gasteiger partial charge on any atom is -0.468 e. The van der Waals surface area contributed by atoms with Crippen LogP contribution in [0.25, 0.3) is 0 Å². The zero-order chi connectivity index (χ0) is 24.0. The number of hydroxylamine groups is 1. The Kier molecular flexibility index (Phi) is 8.53. The molecule has 1 unspecified atom stereocenters. The van der Waals surface area contributed by atoms with Crippen LogP contribution < -0.4 is 16.1 Å². The van der Waals surface area contributed by atoms with Crippen LogP contribution in [0.1, 0.15) is 43.0 Å². The van der Waals surface area contributed by atoms with E-state index in [4.69, 9.17) is 9.94 Å². The van der Waals surface area contributed by atoms with E-state index in [-0.39, 0.29) is 28.6 Å². The second-order valence-electron chi connectivity index (χ2n) is 9.35. The van der Waals surface area contributed by atoms with Gasteiger partial charge in [-0.3, -0.25) is 20.1 Å². The zero-order valence-electron chi connectivity index (χ0n) is 19.6. The summed E-state index contributed by atoms with van der Waals surface area (Å²) in [6.45, 7) is 8.09. The molecule has 0 aromatic heterocycles. The third-order valence-electron chi connectivity index (χ3n) is 5.70. The van der Waals surface area contributed by atoms with Crippen molar-refractivity contribution in [3.8, 4) is 0 Å². The van der Waals surface area contributed by atoms with Gasteiger partial charge in [0.05, 0.1) is 12.4 Å². The van der Waals surface area contributed by atoms with Gasteiger partial charge in [-0.05, 0) is 40.2 Å². The zero-order valence-corrected chi connectivity index (χ0v) is 20.4. The van der Waals surface area contributed by atoms with Crippen molar-refractivity contribution < 1.29 is 19.5 Å². The molecule has 4 N–H and O–H groups in total. The van der Waals surface area contributed by atoms with E-state index in [9.17, 15) is 9.59 Å². The van der Waals surface area contributed by atoms with Crippen LogP contribution in [-0.4, -0.2) is 35.5 Å². The molecule has 1 aliphatic rings. The Hall–Kier alpha value is -2.39. The largest absolute Gasteiger partial charge is 0.468 e. The van der Waals surface area contributed by atoms with Gasteiger partial charge in [0.25, 0.3) is 5.91 Å². The molecule has 2 aromatic rings. The second kappa shape index (κ2) is 11.2. The molecule has 3 rings (SSSR count). The van der Waals surface area contributed by atoms with Crippen molar-refractivity contribution in [3.05, 3.63) is 64.7 Å². The molecule has 2 atom stereocenters. The Balaban J connectivity index is 1.48. The molecule has 1 heterocycles. The van der Waals surface area contributed by atoms with Crippen LogP contribution in [0.15, 0.2) is 47.4 Å². The summed E-state index contributed by atoms with van der Waals surface area (Å²) in [6, 6.07) is 14.2. The first-order chi connectivity index (χ1) is 15.7. The van der Waals surface area contributed by atoms with Crippen molar-refractivity contribution in [1.29, 1.82) is 0 Å². The van der Waals surface area contributed by atoms with Gasteiger partial charge < -0.3 is 10.1 Å². The molecule has 2 aromatic carbocycles. The Bertz CT molecular complexity index is 973. The van der Waals surface area contributed by atoms with E-state index >= 15 is 0 Å². The van der Waals surface area contributed by atoms with Gasteiger partial charge >= 0.3 is 5.97 Å². The highest BCUT2D eigenvalue weighted by atomic mass is 32.2. The number of carbonyl (C=O) groups excluding carboxylic acids is 2. The predicted octanol–water partition coefficient (Wildman–Crippen LogP) is 3.18. The van der Waals surface area contributed by atoms with Gasteiger partial charge in [0.2, 0.25) is 0 Å². The van der Waals surface area contributed by atoms with E-state index < -0.39 is 0 Å². The predicted molar refractivity (Wildman–Crippen MR) is 129 cm³/mol. The normalized spacial score (nSPS) is 16.2. The summed E-state index contributed by atoms with van der Waals surface area (Å²) in [5, 5.41) is 15.3. The molecule has 1 aliphatic heterocycles. The van der Waals surface area contributed by atoms with Crippen molar-refractivity contribution in [2.75, 3.05) is 7.11 Å². The average Bonchev–Trinajstić information content (AvgIpc) is 3.22. The number of rotatable bonds is 9. The van der Waals surface area contributed by atoms with Crippen LogP contribution >= 0.6 is 11.8 Å². The topological polar surface area (TPSA) is 99.7 Å². The molecule has 0 radical (unpaired) electrons. The second-order valence-corrected chi connectivity index (χ2v) is 10.6. The highest BCUT2D eigenvalue weighted by Gasteiger charge is 2.31. The minimum absolute atomic E-state index is 0.237. The summed E-state index contributed by atoms with van der Waals surface area (Å²) in [5.41, 5.74) is 6.08. The quantitative estimate of drug-likeness (QED) is 0.253. The fourth-order valence-electron chi connectivity index (χ4n) is 3.81. The van der Waals surface area contributed by atoms with Gasteiger partial charge in [-0.1, -0.05) is 57.2 Å². The Morgan fingerprint density at radius 1 is 1.06 bits per heavy atom. The van der Waals surface area contributed by atoms with Crippen LogP contribution in [0, 0.1) is 5.41 Å². The number of benzene rings is 2. The minimum atomic E-state index is -0.373. The van der Waals surface area contributed by atoms with Crippen molar-refractivity contribution in [3.63, 3.8) is 0 Å². The average molecular weight is 472 g/mol. The van der Waals surface area contributed by atoms with E-state index in [0.29, 0.717) is 13.0 Å². The van der Waals surface area contributed by atoms with Crippen LogP contribution in [0.5, 0.6) is 0 Å². The van der Waals surface area contributed by atoms with Gasteiger partial charge in [0, 0.05) is 24.5 Å². The number of ether oxygens (including phenoxy) is 1. The molecule has 0 saturated heterocycles. The smallest absolute Gasteiger partial charge is 0.323 e. The molecule has 1 amide bonds. The highest BCUT2D eigenvalue weighted by Crippen LogP contribution is 2.37. The van der Waals surface area contributed by atoms with E-state index in [1.807, 2.05) is 20.8 Å².